The van der Waals surface area contributed by atoms with Crippen LogP contribution in [0.25, 0.3) is 0 Å². The number of carbonyl (C=O) groups is 1. The van der Waals surface area contributed by atoms with Crippen LogP contribution in [0.3, 0.4) is 0 Å². The number of halogens is 1. The Balaban J connectivity index is 1.91. The van der Waals surface area contributed by atoms with Crippen molar-refractivity contribution in [2.75, 3.05) is 11.1 Å². The Bertz CT molecular complexity index is 575. The van der Waals surface area contributed by atoms with Crippen LogP contribution < -0.4 is 5.32 Å². The molecule has 1 amide bonds. The van der Waals surface area contributed by atoms with Gasteiger partial charge in [0.2, 0.25) is 5.91 Å². The fourth-order valence-corrected chi connectivity index (χ4v) is 2.83. The highest BCUT2D eigenvalue weighted by atomic mass is 127. The van der Waals surface area contributed by atoms with Crippen molar-refractivity contribution < 1.29 is 4.79 Å². The van der Waals surface area contributed by atoms with Crippen molar-refractivity contribution in [3.8, 4) is 0 Å². The molecule has 2 rings (SSSR count). The highest BCUT2D eigenvalue weighted by Gasteiger charge is 2.06. The van der Waals surface area contributed by atoms with Crippen LogP contribution >= 0.6 is 34.4 Å². The maximum absolute atomic E-state index is 11.9. The molecule has 1 heterocycles. The molecule has 2 aromatic rings. The zero-order valence-electron chi connectivity index (χ0n) is 10.4. The summed E-state index contributed by atoms with van der Waals surface area (Å²) in [4.78, 5) is 16.0. The third-order valence-corrected chi connectivity index (χ3v) is 4.07. The quantitative estimate of drug-likeness (QED) is 0.645. The Labute approximate surface area is 130 Å². The third-order valence-electron chi connectivity index (χ3n) is 2.45. The van der Waals surface area contributed by atoms with Gasteiger partial charge in [-0.1, -0.05) is 17.8 Å². The van der Waals surface area contributed by atoms with E-state index < -0.39 is 0 Å². The zero-order chi connectivity index (χ0) is 13.7. The normalized spacial score (nSPS) is 10.2. The molecular formula is C14H13IN2OS. The lowest BCUT2D eigenvalue weighted by molar-refractivity contribution is -0.113. The first-order chi connectivity index (χ1) is 9.15. The van der Waals surface area contributed by atoms with Gasteiger partial charge in [0.15, 0.2) is 0 Å². The summed E-state index contributed by atoms with van der Waals surface area (Å²) in [6, 6.07) is 11.6. The molecular weight excluding hydrogens is 371 g/mol. The highest BCUT2D eigenvalue weighted by Crippen LogP contribution is 2.19. The molecule has 19 heavy (non-hydrogen) atoms. The van der Waals surface area contributed by atoms with E-state index in [1.165, 1.54) is 11.8 Å². The summed E-state index contributed by atoms with van der Waals surface area (Å²) >= 11 is 3.69. The predicted molar refractivity (Wildman–Crippen MR) is 87.5 cm³/mol. The maximum atomic E-state index is 11.9. The molecule has 98 valence electrons. The van der Waals surface area contributed by atoms with E-state index in [-0.39, 0.29) is 5.91 Å². The van der Waals surface area contributed by atoms with Gasteiger partial charge < -0.3 is 5.32 Å². The second-order valence-electron chi connectivity index (χ2n) is 3.96. The number of pyridine rings is 1. The van der Waals surface area contributed by atoms with Crippen LogP contribution in [0.15, 0.2) is 47.6 Å². The topological polar surface area (TPSA) is 42.0 Å². The summed E-state index contributed by atoms with van der Waals surface area (Å²) in [6.45, 7) is 1.99. The standard InChI is InChI=1S/C14H13IN2OS/c1-10-8-11(15)5-6-12(10)17-13(18)9-19-14-4-2-3-7-16-14/h2-8H,9H2,1H3,(H,17,18). The Morgan fingerprint density at radius 2 is 2.21 bits per heavy atom. The van der Waals surface area contributed by atoms with Crippen molar-refractivity contribution in [3.05, 3.63) is 51.7 Å². The van der Waals surface area contributed by atoms with Crippen molar-refractivity contribution in [2.24, 2.45) is 0 Å². The van der Waals surface area contributed by atoms with E-state index in [2.05, 4.69) is 32.9 Å². The Hall–Kier alpha value is -1.08. The van der Waals surface area contributed by atoms with E-state index >= 15 is 0 Å². The van der Waals surface area contributed by atoms with Crippen molar-refractivity contribution >= 4 is 45.9 Å². The second kappa shape index (κ2) is 6.91. The lowest BCUT2D eigenvalue weighted by Gasteiger charge is -2.08. The molecule has 0 saturated carbocycles. The van der Waals surface area contributed by atoms with Gasteiger partial charge in [-0.2, -0.15) is 0 Å². The minimum absolute atomic E-state index is 0.0139. The zero-order valence-corrected chi connectivity index (χ0v) is 13.4. The summed E-state index contributed by atoms with van der Waals surface area (Å²) in [7, 11) is 0. The molecule has 0 aliphatic rings. The van der Waals surface area contributed by atoms with Crippen LogP contribution in [0.5, 0.6) is 0 Å². The molecule has 0 atom stereocenters. The number of rotatable bonds is 4. The van der Waals surface area contributed by atoms with Crippen molar-refractivity contribution in [1.82, 2.24) is 4.98 Å². The molecule has 0 radical (unpaired) electrons. The number of anilines is 1. The molecule has 0 spiro atoms. The number of carbonyl (C=O) groups excluding carboxylic acids is 1. The van der Waals surface area contributed by atoms with Crippen molar-refractivity contribution in [1.29, 1.82) is 0 Å². The Morgan fingerprint density at radius 3 is 2.89 bits per heavy atom. The number of aromatic nitrogens is 1. The van der Waals surface area contributed by atoms with Crippen LogP contribution in [0.1, 0.15) is 5.56 Å². The van der Waals surface area contributed by atoms with Crippen LogP contribution in [0, 0.1) is 10.5 Å². The number of nitrogens with one attached hydrogen (secondary N) is 1. The van der Waals surface area contributed by atoms with E-state index in [4.69, 9.17) is 0 Å². The van der Waals surface area contributed by atoms with Crippen molar-refractivity contribution in [3.63, 3.8) is 0 Å². The summed E-state index contributed by atoms with van der Waals surface area (Å²) in [5, 5.41) is 3.78. The lowest BCUT2D eigenvalue weighted by atomic mass is 10.2. The molecule has 0 bridgehead atoms. The molecule has 0 unspecified atom stereocenters. The van der Waals surface area contributed by atoms with E-state index in [1.54, 1.807) is 6.20 Å². The fourth-order valence-electron chi connectivity index (χ4n) is 1.53. The smallest absolute Gasteiger partial charge is 0.234 e. The number of benzene rings is 1. The van der Waals surface area contributed by atoms with E-state index in [0.717, 1.165) is 19.8 Å². The Kier molecular flexibility index (Phi) is 5.21. The second-order valence-corrected chi connectivity index (χ2v) is 6.21. The van der Waals surface area contributed by atoms with E-state index in [0.29, 0.717) is 5.75 Å². The Morgan fingerprint density at radius 1 is 1.37 bits per heavy atom. The van der Waals surface area contributed by atoms with Gasteiger partial charge in [0.05, 0.1) is 10.8 Å². The maximum Gasteiger partial charge on any atom is 0.234 e. The number of hydrogen-bond donors (Lipinski definition) is 1. The molecule has 1 aromatic carbocycles. The van der Waals surface area contributed by atoms with Crippen LogP contribution in [-0.2, 0) is 4.79 Å². The number of thioether (sulfide) groups is 1. The molecule has 1 aromatic heterocycles. The molecule has 0 fully saturated rings. The minimum atomic E-state index is -0.0139. The summed E-state index contributed by atoms with van der Waals surface area (Å²) < 4.78 is 1.16. The van der Waals surface area contributed by atoms with Gasteiger partial charge in [-0.3, -0.25) is 4.79 Å². The van der Waals surface area contributed by atoms with Gasteiger partial charge in [0.1, 0.15) is 0 Å². The average molecular weight is 384 g/mol. The molecule has 0 aliphatic heterocycles. The number of aryl methyl sites for hydroxylation is 1. The van der Waals surface area contributed by atoms with E-state index in [1.807, 2.05) is 43.3 Å². The van der Waals surface area contributed by atoms with Gasteiger partial charge in [-0.15, -0.1) is 0 Å². The van der Waals surface area contributed by atoms with Gasteiger partial charge in [-0.05, 0) is 65.4 Å². The molecule has 0 saturated heterocycles. The predicted octanol–water partition coefficient (Wildman–Crippen LogP) is 3.73. The summed E-state index contributed by atoms with van der Waals surface area (Å²) in [5.41, 5.74) is 1.94. The number of amides is 1. The number of nitrogens with zero attached hydrogens (tertiary/aromatic N) is 1. The van der Waals surface area contributed by atoms with Crippen LogP contribution in [-0.4, -0.2) is 16.6 Å². The monoisotopic (exact) mass is 384 g/mol. The first-order valence-electron chi connectivity index (χ1n) is 5.75. The SMILES string of the molecule is Cc1cc(I)ccc1NC(=O)CSc1ccccn1. The summed E-state index contributed by atoms with van der Waals surface area (Å²) in [6.07, 6.45) is 1.73. The van der Waals surface area contributed by atoms with Gasteiger partial charge in [-0.25, -0.2) is 4.98 Å². The van der Waals surface area contributed by atoms with Crippen molar-refractivity contribution in [2.45, 2.75) is 11.9 Å². The first kappa shape index (κ1) is 14.3. The highest BCUT2D eigenvalue weighted by molar-refractivity contribution is 14.1. The van der Waals surface area contributed by atoms with Gasteiger partial charge in [0.25, 0.3) is 0 Å². The average Bonchev–Trinajstić information content (AvgIpc) is 2.41. The van der Waals surface area contributed by atoms with E-state index in [9.17, 15) is 4.79 Å². The van der Waals surface area contributed by atoms with Crippen LogP contribution in [0.4, 0.5) is 5.69 Å². The molecule has 5 heteroatoms. The fraction of sp³-hybridized carbons (Fsp3) is 0.143. The third kappa shape index (κ3) is 4.50. The van der Waals surface area contributed by atoms with Gasteiger partial charge >= 0.3 is 0 Å². The summed E-state index contributed by atoms with van der Waals surface area (Å²) in [5.74, 6) is 0.350. The molecule has 3 nitrogen and oxygen atoms in total. The molecule has 1 N–H and O–H groups in total. The minimum Gasteiger partial charge on any atom is -0.325 e. The number of hydrogen-bond acceptors (Lipinski definition) is 3. The lowest BCUT2D eigenvalue weighted by Crippen LogP contribution is -2.14. The largest absolute Gasteiger partial charge is 0.325 e. The molecule has 0 aliphatic carbocycles. The van der Waals surface area contributed by atoms with Gasteiger partial charge in [0, 0.05) is 15.5 Å². The van der Waals surface area contributed by atoms with Crippen LogP contribution in [0.2, 0.25) is 0 Å². The first-order valence-corrected chi connectivity index (χ1v) is 7.81.